The van der Waals surface area contributed by atoms with E-state index >= 15 is 0 Å². The first kappa shape index (κ1) is 15.2. The molecule has 0 atom stereocenters. The zero-order chi connectivity index (χ0) is 13.6. The van der Waals surface area contributed by atoms with Crippen LogP contribution in [0, 0.1) is 0 Å². The second kappa shape index (κ2) is 6.89. The molecule has 1 aromatic rings. The number of hydrogen-bond acceptors (Lipinski definition) is 2. The highest BCUT2D eigenvalue weighted by Crippen LogP contribution is 2.15. The van der Waals surface area contributed by atoms with Crippen molar-refractivity contribution >= 4 is 21.7 Å². The summed E-state index contributed by atoms with van der Waals surface area (Å²) in [5.41, 5.74) is 0.550. The summed E-state index contributed by atoms with van der Waals surface area (Å²) in [7, 11) is 0. The van der Waals surface area contributed by atoms with Gasteiger partial charge in [0.05, 0.1) is 0 Å². The van der Waals surface area contributed by atoms with E-state index < -0.39 is 12.8 Å². The molecule has 0 aromatic heterocycles. The van der Waals surface area contributed by atoms with Crippen LogP contribution in [0.1, 0.15) is 23.2 Å². The number of benzene rings is 1. The molecule has 6 heteroatoms. The molecule has 0 amide bonds. The van der Waals surface area contributed by atoms with Gasteiger partial charge in [0.15, 0.2) is 5.78 Å². The van der Waals surface area contributed by atoms with Gasteiger partial charge >= 0.3 is 6.18 Å². The van der Waals surface area contributed by atoms with E-state index in [4.69, 9.17) is 0 Å². The highest BCUT2D eigenvalue weighted by molar-refractivity contribution is 9.10. The molecular weight excluding hydrogens is 313 g/mol. The summed E-state index contributed by atoms with van der Waals surface area (Å²) in [5.74, 6) is -0.0990. The number of ketones is 1. The number of Topliss-reactive ketones (excluding diaryl/α,β-unsaturated/α-hetero) is 1. The molecule has 1 rings (SSSR count). The third-order valence-electron chi connectivity index (χ3n) is 2.12. The summed E-state index contributed by atoms with van der Waals surface area (Å²) < 4.78 is 40.5. The van der Waals surface area contributed by atoms with Crippen molar-refractivity contribution in [1.29, 1.82) is 0 Å². The maximum absolute atomic E-state index is 11.7. The molecule has 0 radical (unpaired) electrons. The van der Waals surface area contributed by atoms with E-state index in [1.165, 1.54) is 0 Å². The topological polar surface area (TPSA) is 26.3 Å². The lowest BCUT2D eigenvalue weighted by Gasteiger charge is -2.07. The Kier molecular flexibility index (Phi) is 5.81. The largest absolute Gasteiger partial charge is 0.411 e. The zero-order valence-electron chi connectivity index (χ0n) is 9.47. The fourth-order valence-corrected chi connectivity index (χ4v) is 1.57. The Balaban J connectivity index is 2.24. The first-order chi connectivity index (χ1) is 8.38. The number of rotatable bonds is 6. The number of carbonyl (C=O) groups is 1. The molecule has 0 fully saturated rings. The van der Waals surface area contributed by atoms with Crippen LogP contribution < -0.4 is 0 Å². The lowest BCUT2D eigenvalue weighted by atomic mass is 10.1. The Bertz CT molecular complexity index is 387. The molecule has 1 aromatic carbocycles. The number of ether oxygens (including phenoxy) is 1. The molecule has 18 heavy (non-hydrogen) atoms. The Morgan fingerprint density at radius 1 is 1.22 bits per heavy atom. The van der Waals surface area contributed by atoms with Crippen molar-refractivity contribution in [3.8, 4) is 0 Å². The molecule has 0 saturated carbocycles. The molecule has 0 aliphatic heterocycles. The molecule has 0 bridgehead atoms. The van der Waals surface area contributed by atoms with Crippen LogP contribution in [0.2, 0.25) is 0 Å². The number of halogens is 4. The second-order valence-electron chi connectivity index (χ2n) is 3.70. The smallest absolute Gasteiger partial charge is 0.372 e. The summed E-state index contributed by atoms with van der Waals surface area (Å²) in [6.07, 6.45) is -3.85. The second-order valence-corrected chi connectivity index (χ2v) is 4.62. The maximum Gasteiger partial charge on any atom is 0.411 e. The van der Waals surface area contributed by atoms with Crippen LogP contribution in [0.5, 0.6) is 0 Å². The van der Waals surface area contributed by atoms with Gasteiger partial charge in [-0.15, -0.1) is 0 Å². The van der Waals surface area contributed by atoms with E-state index in [-0.39, 0.29) is 25.2 Å². The van der Waals surface area contributed by atoms with Crippen molar-refractivity contribution in [3.05, 3.63) is 34.3 Å². The molecule has 0 spiro atoms. The predicted octanol–water partition coefficient (Wildman–Crippen LogP) is 3.99. The van der Waals surface area contributed by atoms with Gasteiger partial charge in [-0.25, -0.2) is 0 Å². The van der Waals surface area contributed by atoms with Crippen LogP contribution in [0.25, 0.3) is 0 Å². The maximum atomic E-state index is 11.7. The molecule has 0 aliphatic rings. The summed E-state index contributed by atoms with van der Waals surface area (Å²) in [6, 6.07) is 6.83. The summed E-state index contributed by atoms with van der Waals surface area (Å²) >= 11 is 3.25. The summed E-state index contributed by atoms with van der Waals surface area (Å²) in [4.78, 5) is 11.6. The molecule has 0 unspecified atom stereocenters. The average molecular weight is 325 g/mol. The average Bonchev–Trinajstić information content (AvgIpc) is 2.27. The fraction of sp³-hybridized carbons (Fsp3) is 0.417. The van der Waals surface area contributed by atoms with E-state index in [1.54, 1.807) is 24.3 Å². The summed E-state index contributed by atoms with van der Waals surface area (Å²) in [6.45, 7) is -1.33. The first-order valence-corrected chi connectivity index (χ1v) is 6.11. The molecule has 0 N–H and O–H groups in total. The van der Waals surface area contributed by atoms with Gasteiger partial charge in [0.2, 0.25) is 0 Å². The van der Waals surface area contributed by atoms with Gasteiger partial charge in [0.25, 0.3) is 0 Å². The Hall–Kier alpha value is -0.880. The SMILES string of the molecule is O=C(CCCOCC(F)(F)F)c1ccc(Br)cc1. The lowest BCUT2D eigenvalue weighted by molar-refractivity contribution is -0.173. The van der Waals surface area contributed by atoms with Crippen molar-refractivity contribution in [3.63, 3.8) is 0 Å². The monoisotopic (exact) mass is 324 g/mol. The molecule has 2 nitrogen and oxygen atoms in total. The van der Waals surface area contributed by atoms with Crippen LogP contribution in [0.4, 0.5) is 13.2 Å². The Morgan fingerprint density at radius 3 is 2.39 bits per heavy atom. The predicted molar refractivity (Wildman–Crippen MR) is 64.6 cm³/mol. The zero-order valence-corrected chi connectivity index (χ0v) is 11.1. The van der Waals surface area contributed by atoms with Crippen molar-refractivity contribution < 1.29 is 22.7 Å². The quantitative estimate of drug-likeness (QED) is 0.584. The van der Waals surface area contributed by atoms with Gasteiger partial charge in [-0.05, 0) is 18.6 Å². The van der Waals surface area contributed by atoms with Gasteiger partial charge in [0.1, 0.15) is 6.61 Å². The summed E-state index contributed by atoms with van der Waals surface area (Å²) in [5, 5.41) is 0. The molecule has 100 valence electrons. The van der Waals surface area contributed by atoms with E-state index in [2.05, 4.69) is 20.7 Å². The minimum absolute atomic E-state index is 0.0677. The normalized spacial score (nSPS) is 11.6. The van der Waals surface area contributed by atoms with E-state index in [9.17, 15) is 18.0 Å². The molecular formula is C12H12BrF3O2. The van der Waals surface area contributed by atoms with Crippen molar-refractivity contribution in [2.75, 3.05) is 13.2 Å². The van der Waals surface area contributed by atoms with Gasteiger partial charge in [-0.1, -0.05) is 28.1 Å². The Labute approximate surface area is 111 Å². The van der Waals surface area contributed by atoms with Crippen LogP contribution in [0.15, 0.2) is 28.7 Å². The van der Waals surface area contributed by atoms with E-state index in [1.807, 2.05) is 0 Å². The lowest BCUT2D eigenvalue weighted by Crippen LogP contribution is -2.17. The number of carbonyl (C=O) groups excluding carboxylic acids is 1. The Morgan fingerprint density at radius 2 is 1.83 bits per heavy atom. The standard InChI is InChI=1S/C12H12BrF3O2/c13-10-5-3-9(4-6-10)11(17)2-1-7-18-8-12(14,15)16/h3-6H,1-2,7-8H2. The van der Waals surface area contributed by atoms with E-state index in [0.717, 1.165) is 4.47 Å². The van der Waals surface area contributed by atoms with Crippen molar-refractivity contribution in [2.45, 2.75) is 19.0 Å². The minimum Gasteiger partial charge on any atom is -0.372 e. The van der Waals surface area contributed by atoms with Crippen LogP contribution in [-0.4, -0.2) is 25.2 Å². The third kappa shape index (κ3) is 6.16. The van der Waals surface area contributed by atoms with Gasteiger partial charge in [-0.3, -0.25) is 4.79 Å². The van der Waals surface area contributed by atoms with Gasteiger partial charge in [0, 0.05) is 23.1 Å². The van der Waals surface area contributed by atoms with Gasteiger partial charge < -0.3 is 4.74 Å². The highest BCUT2D eigenvalue weighted by Gasteiger charge is 2.27. The number of hydrogen-bond donors (Lipinski definition) is 0. The van der Waals surface area contributed by atoms with Crippen molar-refractivity contribution in [2.24, 2.45) is 0 Å². The third-order valence-corrected chi connectivity index (χ3v) is 2.65. The van der Waals surface area contributed by atoms with Crippen LogP contribution >= 0.6 is 15.9 Å². The fourth-order valence-electron chi connectivity index (χ4n) is 1.30. The van der Waals surface area contributed by atoms with Crippen molar-refractivity contribution in [1.82, 2.24) is 0 Å². The van der Waals surface area contributed by atoms with Crippen LogP contribution in [0.3, 0.4) is 0 Å². The molecule has 0 aliphatic carbocycles. The highest BCUT2D eigenvalue weighted by atomic mass is 79.9. The van der Waals surface area contributed by atoms with Gasteiger partial charge in [-0.2, -0.15) is 13.2 Å². The number of alkyl halides is 3. The first-order valence-electron chi connectivity index (χ1n) is 5.32. The van der Waals surface area contributed by atoms with Crippen LogP contribution in [-0.2, 0) is 4.74 Å². The molecule has 0 heterocycles. The molecule has 0 saturated heterocycles. The van der Waals surface area contributed by atoms with E-state index in [0.29, 0.717) is 5.56 Å². The minimum atomic E-state index is -4.31.